The quantitative estimate of drug-likeness (QED) is 0.647. The van der Waals surface area contributed by atoms with Crippen LogP contribution in [0.2, 0.25) is 0 Å². The van der Waals surface area contributed by atoms with Crippen LogP contribution in [0.5, 0.6) is 5.75 Å². The molecule has 0 saturated heterocycles. The van der Waals surface area contributed by atoms with Gasteiger partial charge in [0.25, 0.3) is 0 Å². The minimum atomic E-state index is -4.80. The second-order valence-corrected chi connectivity index (χ2v) is 6.96. The summed E-state index contributed by atoms with van der Waals surface area (Å²) in [5.74, 6) is -0.809. The van der Waals surface area contributed by atoms with Gasteiger partial charge in [0.1, 0.15) is 17.6 Å². The van der Waals surface area contributed by atoms with Gasteiger partial charge >= 0.3 is 6.36 Å². The number of nitrogens with one attached hydrogen (secondary N) is 2. The van der Waals surface area contributed by atoms with Crippen molar-refractivity contribution in [2.75, 3.05) is 10.6 Å². The molecule has 1 aromatic heterocycles. The van der Waals surface area contributed by atoms with Gasteiger partial charge in [0.15, 0.2) is 0 Å². The fourth-order valence-corrected chi connectivity index (χ4v) is 3.38. The predicted octanol–water partition coefficient (Wildman–Crippen LogP) is 4.28. The van der Waals surface area contributed by atoms with E-state index in [9.17, 15) is 22.8 Å². The van der Waals surface area contributed by atoms with Crippen LogP contribution >= 0.6 is 0 Å². The molecule has 10 heteroatoms. The first kappa shape index (κ1) is 20.5. The molecule has 31 heavy (non-hydrogen) atoms. The molecule has 0 aliphatic carbocycles. The van der Waals surface area contributed by atoms with E-state index < -0.39 is 24.1 Å². The maximum absolute atomic E-state index is 12.9. The highest BCUT2D eigenvalue weighted by atomic mass is 19.4. The number of aromatic nitrogens is 2. The number of nitrogens with zero attached hydrogens (tertiary/aromatic N) is 2. The number of hydrogen-bond donors (Lipinski definition) is 2. The van der Waals surface area contributed by atoms with Crippen molar-refractivity contribution in [1.82, 2.24) is 9.78 Å². The van der Waals surface area contributed by atoms with Crippen molar-refractivity contribution >= 4 is 23.3 Å². The molecule has 2 heterocycles. The zero-order chi connectivity index (χ0) is 22.2. The van der Waals surface area contributed by atoms with Crippen molar-refractivity contribution in [2.45, 2.75) is 25.7 Å². The first-order chi connectivity index (χ1) is 14.7. The van der Waals surface area contributed by atoms with Crippen LogP contribution < -0.4 is 15.4 Å². The lowest BCUT2D eigenvalue weighted by atomic mass is 10.1. The summed E-state index contributed by atoms with van der Waals surface area (Å²) in [6.45, 7) is 1.81. The van der Waals surface area contributed by atoms with Gasteiger partial charge in [-0.25, -0.2) is 4.68 Å². The minimum Gasteiger partial charge on any atom is -0.406 e. The van der Waals surface area contributed by atoms with Crippen molar-refractivity contribution in [1.29, 1.82) is 0 Å². The fourth-order valence-electron chi connectivity index (χ4n) is 3.38. The van der Waals surface area contributed by atoms with E-state index in [2.05, 4.69) is 20.5 Å². The van der Waals surface area contributed by atoms with Gasteiger partial charge in [-0.05, 0) is 31.2 Å². The lowest BCUT2D eigenvalue weighted by Crippen LogP contribution is -2.35. The maximum Gasteiger partial charge on any atom is 0.573 e. The Kier molecular flexibility index (Phi) is 5.14. The van der Waals surface area contributed by atoms with Crippen LogP contribution in [0.15, 0.2) is 54.6 Å². The Labute approximate surface area is 174 Å². The van der Waals surface area contributed by atoms with Crippen LogP contribution in [0.25, 0.3) is 11.3 Å². The lowest BCUT2D eigenvalue weighted by Gasteiger charge is -2.24. The second-order valence-electron chi connectivity index (χ2n) is 6.96. The third-order valence-corrected chi connectivity index (χ3v) is 4.78. The van der Waals surface area contributed by atoms with E-state index in [0.29, 0.717) is 11.5 Å². The number of hydrogen-bond acceptors (Lipinski definition) is 4. The predicted molar refractivity (Wildman–Crippen MR) is 106 cm³/mol. The van der Waals surface area contributed by atoms with Crippen LogP contribution in [-0.4, -0.2) is 28.0 Å². The van der Waals surface area contributed by atoms with Gasteiger partial charge in [-0.2, -0.15) is 5.10 Å². The molecule has 7 nitrogen and oxygen atoms in total. The van der Waals surface area contributed by atoms with Gasteiger partial charge in [-0.1, -0.05) is 30.3 Å². The zero-order valence-electron chi connectivity index (χ0n) is 16.2. The van der Waals surface area contributed by atoms with Crippen molar-refractivity contribution in [3.63, 3.8) is 0 Å². The largest absolute Gasteiger partial charge is 0.573 e. The number of alkyl halides is 3. The van der Waals surface area contributed by atoms with Gasteiger partial charge in [0.2, 0.25) is 11.8 Å². The van der Waals surface area contributed by atoms with Crippen LogP contribution in [0.1, 0.15) is 18.0 Å². The van der Waals surface area contributed by atoms with Crippen LogP contribution in [0.4, 0.5) is 24.7 Å². The molecule has 3 aromatic rings. The van der Waals surface area contributed by atoms with Crippen molar-refractivity contribution < 1.29 is 27.5 Å². The number of ether oxygens (including phenoxy) is 1. The smallest absolute Gasteiger partial charge is 0.406 e. The van der Waals surface area contributed by atoms with E-state index in [0.717, 1.165) is 23.3 Å². The highest BCUT2D eigenvalue weighted by molar-refractivity contribution is 6.02. The molecule has 0 saturated carbocycles. The third kappa shape index (κ3) is 4.37. The number of rotatable bonds is 4. The standard InChI is InChI=1S/C21H17F3N4O3/c1-12-18(13-5-3-2-4-6-13)27-28-16(11-17(29)26-19(12)28)20(30)25-14-7-9-15(10-8-14)31-21(22,23)24/h2-10,16H,11H2,1H3,(H,25,30)(H,26,29). The lowest BCUT2D eigenvalue weighted by molar-refractivity contribution is -0.274. The van der Waals surface area contributed by atoms with Crippen molar-refractivity contribution in [3.05, 3.63) is 60.2 Å². The summed E-state index contributed by atoms with van der Waals surface area (Å²) < 4.78 is 42.2. The van der Waals surface area contributed by atoms with E-state index in [4.69, 9.17) is 0 Å². The number of anilines is 2. The van der Waals surface area contributed by atoms with E-state index >= 15 is 0 Å². The van der Waals surface area contributed by atoms with E-state index in [1.54, 1.807) is 6.92 Å². The maximum atomic E-state index is 12.9. The number of amides is 2. The molecule has 0 bridgehead atoms. The molecule has 4 rings (SSSR count). The summed E-state index contributed by atoms with van der Waals surface area (Å²) in [6, 6.07) is 13.2. The fraction of sp³-hybridized carbons (Fsp3) is 0.190. The molecule has 1 atom stereocenters. The summed E-state index contributed by atoms with van der Waals surface area (Å²) in [5.41, 5.74) is 2.48. The van der Waals surface area contributed by atoms with E-state index in [-0.39, 0.29) is 18.0 Å². The van der Waals surface area contributed by atoms with Gasteiger partial charge in [-0.15, -0.1) is 13.2 Å². The molecule has 1 aliphatic rings. The Balaban J connectivity index is 1.58. The molecule has 0 spiro atoms. The highest BCUT2D eigenvalue weighted by Crippen LogP contribution is 2.34. The molecule has 2 N–H and O–H groups in total. The van der Waals surface area contributed by atoms with E-state index in [1.165, 1.54) is 16.8 Å². The Morgan fingerprint density at radius 1 is 1.16 bits per heavy atom. The molecule has 1 aliphatic heterocycles. The highest BCUT2D eigenvalue weighted by Gasteiger charge is 2.34. The summed E-state index contributed by atoms with van der Waals surface area (Å²) in [4.78, 5) is 25.1. The Bertz CT molecular complexity index is 1130. The number of benzene rings is 2. The minimum absolute atomic E-state index is 0.122. The topological polar surface area (TPSA) is 85.2 Å². The van der Waals surface area contributed by atoms with Gasteiger partial charge in [-0.3, -0.25) is 9.59 Å². The molecular formula is C21H17F3N4O3. The number of carbonyl (C=O) groups excluding carboxylic acids is 2. The second kappa shape index (κ2) is 7.78. The SMILES string of the molecule is Cc1c(-c2ccccc2)nn2c1NC(=O)CC2C(=O)Nc1ccc(OC(F)(F)F)cc1. The normalized spacial score (nSPS) is 15.7. The van der Waals surface area contributed by atoms with Gasteiger partial charge < -0.3 is 15.4 Å². The first-order valence-electron chi connectivity index (χ1n) is 9.32. The molecule has 0 radical (unpaired) electrons. The average molecular weight is 430 g/mol. The number of carbonyl (C=O) groups is 2. The van der Waals surface area contributed by atoms with Gasteiger partial charge in [0.05, 0.1) is 12.1 Å². The van der Waals surface area contributed by atoms with Gasteiger partial charge in [0, 0.05) is 16.8 Å². The van der Waals surface area contributed by atoms with Crippen LogP contribution in [0, 0.1) is 6.92 Å². The summed E-state index contributed by atoms with van der Waals surface area (Å²) in [7, 11) is 0. The van der Waals surface area contributed by atoms with Crippen LogP contribution in [-0.2, 0) is 9.59 Å². The van der Waals surface area contributed by atoms with Crippen molar-refractivity contribution in [2.24, 2.45) is 0 Å². The molecule has 0 fully saturated rings. The Morgan fingerprint density at radius 3 is 2.48 bits per heavy atom. The molecular weight excluding hydrogens is 413 g/mol. The molecule has 1 unspecified atom stereocenters. The van der Waals surface area contributed by atoms with Crippen LogP contribution in [0.3, 0.4) is 0 Å². The summed E-state index contributed by atoms with van der Waals surface area (Å²) >= 11 is 0. The first-order valence-corrected chi connectivity index (χ1v) is 9.32. The monoisotopic (exact) mass is 430 g/mol. The average Bonchev–Trinajstić information content (AvgIpc) is 3.05. The third-order valence-electron chi connectivity index (χ3n) is 4.78. The molecule has 160 valence electrons. The molecule has 2 aromatic carbocycles. The molecule has 2 amide bonds. The Morgan fingerprint density at radius 2 is 1.84 bits per heavy atom. The zero-order valence-corrected chi connectivity index (χ0v) is 16.2. The number of fused-ring (bicyclic) bond motifs is 1. The van der Waals surface area contributed by atoms with E-state index in [1.807, 2.05) is 30.3 Å². The summed E-state index contributed by atoms with van der Waals surface area (Å²) in [6.07, 6.45) is -4.92. The Hall–Kier alpha value is -3.82. The van der Waals surface area contributed by atoms with Crippen molar-refractivity contribution in [3.8, 4) is 17.0 Å². The number of halogens is 3. The summed E-state index contributed by atoms with van der Waals surface area (Å²) in [5, 5.41) is 9.92.